The Bertz CT molecular complexity index is 615. The number of halogens is 3. The molecule has 0 saturated carbocycles. The third kappa shape index (κ3) is 2.28. The van der Waals surface area contributed by atoms with Crippen LogP contribution in [0.4, 0.5) is 13.2 Å². The summed E-state index contributed by atoms with van der Waals surface area (Å²) in [6, 6.07) is 8.04. The molecule has 2 rings (SSSR count). The molecule has 0 aliphatic heterocycles. The van der Waals surface area contributed by atoms with Gasteiger partial charge >= 0.3 is 0 Å². The fourth-order valence-electron chi connectivity index (χ4n) is 1.53. The van der Waals surface area contributed by atoms with Crippen molar-refractivity contribution >= 4 is 0 Å². The molecule has 0 fully saturated rings. The fraction of sp³-hybridized carbons (Fsp3) is 0. The standard InChI is InChI=1S/C13H6F3N/c14-10-1-2-13(16)12(6-10)9-3-8(7-17)4-11(15)5-9/h1-6H. The summed E-state index contributed by atoms with van der Waals surface area (Å²) in [6.07, 6.45) is 0. The highest BCUT2D eigenvalue weighted by atomic mass is 19.1. The minimum Gasteiger partial charge on any atom is -0.207 e. The molecule has 0 heterocycles. The summed E-state index contributed by atoms with van der Waals surface area (Å²) in [5.74, 6) is -1.95. The normalized spacial score (nSPS) is 10.0. The zero-order valence-electron chi connectivity index (χ0n) is 8.55. The Kier molecular flexibility index (Phi) is 2.84. The van der Waals surface area contributed by atoms with E-state index in [0.717, 1.165) is 30.3 Å². The Morgan fingerprint density at radius 3 is 2.35 bits per heavy atom. The lowest BCUT2D eigenvalue weighted by molar-refractivity contribution is 0.602. The highest BCUT2D eigenvalue weighted by Gasteiger charge is 2.09. The van der Waals surface area contributed by atoms with Crippen LogP contribution in [-0.4, -0.2) is 0 Å². The highest BCUT2D eigenvalue weighted by Crippen LogP contribution is 2.25. The maximum atomic E-state index is 13.5. The van der Waals surface area contributed by atoms with E-state index < -0.39 is 17.5 Å². The number of nitrogens with zero attached hydrogens (tertiary/aromatic N) is 1. The van der Waals surface area contributed by atoms with E-state index in [1.807, 2.05) is 0 Å². The van der Waals surface area contributed by atoms with Crippen molar-refractivity contribution in [2.45, 2.75) is 0 Å². The molecule has 0 unspecified atom stereocenters. The van der Waals surface area contributed by atoms with Gasteiger partial charge in [-0.1, -0.05) is 0 Å². The van der Waals surface area contributed by atoms with Crippen molar-refractivity contribution in [3.8, 4) is 17.2 Å². The Balaban J connectivity index is 2.64. The first-order valence-corrected chi connectivity index (χ1v) is 4.76. The molecule has 0 radical (unpaired) electrons. The van der Waals surface area contributed by atoms with E-state index in [1.165, 1.54) is 6.07 Å². The largest absolute Gasteiger partial charge is 0.207 e. The van der Waals surface area contributed by atoms with Crippen LogP contribution in [0, 0.1) is 28.8 Å². The smallest absolute Gasteiger partial charge is 0.131 e. The molecule has 0 bridgehead atoms. The van der Waals surface area contributed by atoms with Crippen LogP contribution in [0.25, 0.3) is 11.1 Å². The number of benzene rings is 2. The minimum absolute atomic E-state index is 0.0589. The summed E-state index contributed by atoms with van der Waals surface area (Å²) in [7, 11) is 0. The van der Waals surface area contributed by atoms with Gasteiger partial charge in [0, 0.05) is 5.56 Å². The van der Waals surface area contributed by atoms with Crippen molar-refractivity contribution in [3.63, 3.8) is 0 Å². The second kappa shape index (κ2) is 4.30. The van der Waals surface area contributed by atoms with Crippen molar-refractivity contribution < 1.29 is 13.2 Å². The molecule has 4 heteroatoms. The molecule has 17 heavy (non-hydrogen) atoms. The lowest BCUT2D eigenvalue weighted by Crippen LogP contribution is -1.89. The van der Waals surface area contributed by atoms with Crippen LogP contribution >= 0.6 is 0 Å². The molecule has 0 aromatic heterocycles. The Morgan fingerprint density at radius 2 is 1.65 bits per heavy atom. The number of hydrogen-bond acceptors (Lipinski definition) is 1. The van der Waals surface area contributed by atoms with Crippen LogP contribution in [0.3, 0.4) is 0 Å². The van der Waals surface area contributed by atoms with E-state index in [4.69, 9.17) is 5.26 Å². The third-order valence-corrected chi connectivity index (χ3v) is 2.27. The quantitative estimate of drug-likeness (QED) is 0.737. The predicted octanol–water partition coefficient (Wildman–Crippen LogP) is 3.64. The van der Waals surface area contributed by atoms with Gasteiger partial charge in [-0.05, 0) is 42.0 Å². The topological polar surface area (TPSA) is 23.8 Å². The number of nitriles is 1. The monoisotopic (exact) mass is 233 g/mol. The van der Waals surface area contributed by atoms with Crippen molar-refractivity contribution in [2.24, 2.45) is 0 Å². The predicted molar refractivity (Wildman–Crippen MR) is 56.5 cm³/mol. The molecule has 84 valence electrons. The summed E-state index contributed by atoms with van der Waals surface area (Å²) in [5, 5.41) is 8.67. The van der Waals surface area contributed by atoms with Crippen LogP contribution in [0.2, 0.25) is 0 Å². The lowest BCUT2D eigenvalue weighted by atomic mass is 10.0. The average Bonchev–Trinajstić information content (AvgIpc) is 2.31. The number of hydrogen-bond donors (Lipinski definition) is 0. The van der Waals surface area contributed by atoms with Gasteiger partial charge in [0.25, 0.3) is 0 Å². The SMILES string of the molecule is N#Cc1cc(F)cc(-c2cc(F)ccc2F)c1. The van der Waals surface area contributed by atoms with E-state index in [1.54, 1.807) is 6.07 Å². The molecule has 0 amide bonds. The Hall–Kier alpha value is -2.28. The lowest BCUT2D eigenvalue weighted by Gasteiger charge is -2.04. The molecule has 0 spiro atoms. The summed E-state index contributed by atoms with van der Waals surface area (Å²) in [4.78, 5) is 0. The summed E-state index contributed by atoms with van der Waals surface area (Å²) >= 11 is 0. The minimum atomic E-state index is -0.666. The zero-order chi connectivity index (χ0) is 12.4. The molecule has 0 saturated heterocycles. The van der Waals surface area contributed by atoms with Crippen LogP contribution in [0.1, 0.15) is 5.56 Å². The van der Waals surface area contributed by atoms with Crippen molar-refractivity contribution in [1.29, 1.82) is 5.26 Å². The molecule has 0 atom stereocenters. The molecule has 2 aromatic rings. The zero-order valence-corrected chi connectivity index (χ0v) is 8.55. The van der Waals surface area contributed by atoms with E-state index in [-0.39, 0.29) is 16.7 Å². The number of rotatable bonds is 1. The molecular weight excluding hydrogens is 227 g/mol. The Morgan fingerprint density at radius 1 is 0.882 bits per heavy atom. The van der Waals surface area contributed by atoms with Gasteiger partial charge in [0.05, 0.1) is 11.6 Å². The van der Waals surface area contributed by atoms with Gasteiger partial charge in [0.2, 0.25) is 0 Å². The summed E-state index contributed by atoms with van der Waals surface area (Å²) < 4.78 is 39.6. The van der Waals surface area contributed by atoms with Crippen LogP contribution in [0.5, 0.6) is 0 Å². The molecule has 0 aliphatic carbocycles. The van der Waals surface area contributed by atoms with Gasteiger partial charge < -0.3 is 0 Å². The van der Waals surface area contributed by atoms with E-state index in [2.05, 4.69) is 0 Å². The van der Waals surface area contributed by atoms with Crippen LogP contribution in [-0.2, 0) is 0 Å². The fourth-order valence-corrected chi connectivity index (χ4v) is 1.53. The molecule has 1 nitrogen and oxygen atoms in total. The maximum absolute atomic E-state index is 13.5. The second-order valence-electron chi connectivity index (χ2n) is 3.46. The maximum Gasteiger partial charge on any atom is 0.131 e. The first kappa shape index (κ1) is 11.2. The second-order valence-corrected chi connectivity index (χ2v) is 3.46. The molecule has 2 aromatic carbocycles. The molecule has 0 N–H and O–H groups in total. The molecular formula is C13H6F3N. The molecule has 0 aliphatic rings. The summed E-state index contributed by atoms with van der Waals surface area (Å²) in [5.41, 5.74) is 0.128. The van der Waals surface area contributed by atoms with Gasteiger partial charge in [-0.3, -0.25) is 0 Å². The first-order chi connectivity index (χ1) is 8.10. The van der Waals surface area contributed by atoms with Crippen LogP contribution in [0.15, 0.2) is 36.4 Å². The van der Waals surface area contributed by atoms with E-state index >= 15 is 0 Å². The van der Waals surface area contributed by atoms with Gasteiger partial charge in [-0.25, -0.2) is 13.2 Å². The van der Waals surface area contributed by atoms with Crippen LogP contribution < -0.4 is 0 Å². The van der Waals surface area contributed by atoms with Gasteiger partial charge in [-0.15, -0.1) is 0 Å². The first-order valence-electron chi connectivity index (χ1n) is 4.76. The van der Waals surface area contributed by atoms with E-state index in [9.17, 15) is 13.2 Å². The van der Waals surface area contributed by atoms with Gasteiger partial charge in [0.15, 0.2) is 0 Å². The van der Waals surface area contributed by atoms with Crippen molar-refractivity contribution in [3.05, 3.63) is 59.4 Å². The van der Waals surface area contributed by atoms with Gasteiger partial charge in [0.1, 0.15) is 17.5 Å². The summed E-state index contributed by atoms with van der Waals surface area (Å²) in [6.45, 7) is 0. The van der Waals surface area contributed by atoms with Gasteiger partial charge in [-0.2, -0.15) is 5.26 Å². The Labute approximate surface area is 95.7 Å². The average molecular weight is 233 g/mol. The van der Waals surface area contributed by atoms with Crippen molar-refractivity contribution in [2.75, 3.05) is 0 Å². The van der Waals surface area contributed by atoms with E-state index in [0.29, 0.717) is 0 Å². The third-order valence-electron chi connectivity index (χ3n) is 2.27. The van der Waals surface area contributed by atoms with Crippen molar-refractivity contribution in [1.82, 2.24) is 0 Å². The highest BCUT2D eigenvalue weighted by molar-refractivity contribution is 5.66.